The Labute approximate surface area is 94.0 Å². The van der Waals surface area contributed by atoms with E-state index in [4.69, 9.17) is 15.0 Å². The molecular weight excluding hydrogens is 204 g/mol. The minimum absolute atomic E-state index is 0.346. The molecule has 0 aliphatic rings. The van der Waals surface area contributed by atoms with Crippen molar-refractivity contribution in [1.29, 1.82) is 0 Å². The van der Waals surface area contributed by atoms with Crippen molar-refractivity contribution in [3.8, 4) is 17.0 Å². The van der Waals surface area contributed by atoms with E-state index in [9.17, 15) is 0 Å². The number of nitrogen functional groups attached to an aromatic ring is 1. The van der Waals surface area contributed by atoms with Crippen LogP contribution in [0.3, 0.4) is 0 Å². The van der Waals surface area contributed by atoms with E-state index in [1.54, 1.807) is 7.11 Å². The van der Waals surface area contributed by atoms with Crippen LogP contribution in [0.1, 0.15) is 11.1 Å². The Morgan fingerprint density at radius 3 is 2.62 bits per heavy atom. The van der Waals surface area contributed by atoms with Crippen molar-refractivity contribution in [1.82, 2.24) is 5.16 Å². The average molecular weight is 218 g/mol. The van der Waals surface area contributed by atoms with Crippen LogP contribution in [0.4, 0.5) is 5.88 Å². The fourth-order valence-electron chi connectivity index (χ4n) is 1.61. The Bertz CT molecular complexity index is 518. The van der Waals surface area contributed by atoms with E-state index in [1.807, 2.05) is 32.0 Å². The monoisotopic (exact) mass is 218 g/mol. The van der Waals surface area contributed by atoms with E-state index in [0.29, 0.717) is 5.88 Å². The number of aromatic nitrogens is 1. The quantitative estimate of drug-likeness (QED) is 0.841. The lowest BCUT2D eigenvalue weighted by Gasteiger charge is -2.07. The number of ether oxygens (including phenoxy) is 1. The lowest BCUT2D eigenvalue weighted by atomic mass is 10.0. The molecule has 4 heteroatoms. The summed E-state index contributed by atoms with van der Waals surface area (Å²) < 4.78 is 10.3. The smallest absolute Gasteiger partial charge is 0.225 e. The normalized spacial score (nSPS) is 10.4. The number of rotatable bonds is 2. The lowest BCUT2D eigenvalue weighted by molar-refractivity contribution is 0.414. The van der Waals surface area contributed by atoms with Crippen LogP contribution in [0.2, 0.25) is 0 Å². The zero-order valence-corrected chi connectivity index (χ0v) is 9.57. The van der Waals surface area contributed by atoms with Gasteiger partial charge < -0.3 is 15.0 Å². The predicted molar refractivity (Wildman–Crippen MR) is 62.4 cm³/mol. The fraction of sp³-hybridized carbons (Fsp3) is 0.250. The maximum absolute atomic E-state index is 5.64. The third kappa shape index (κ3) is 1.62. The molecule has 84 valence electrons. The van der Waals surface area contributed by atoms with Crippen molar-refractivity contribution in [2.24, 2.45) is 0 Å². The molecule has 0 radical (unpaired) electrons. The zero-order valence-electron chi connectivity index (χ0n) is 9.57. The average Bonchev–Trinajstić information content (AvgIpc) is 2.60. The number of anilines is 1. The Morgan fingerprint density at radius 1 is 1.31 bits per heavy atom. The first-order valence-corrected chi connectivity index (χ1v) is 5.00. The zero-order chi connectivity index (χ0) is 11.7. The van der Waals surface area contributed by atoms with Gasteiger partial charge in [-0.3, -0.25) is 0 Å². The molecule has 16 heavy (non-hydrogen) atoms. The molecule has 4 nitrogen and oxygen atoms in total. The molecule has 0 atom stereocenters. The summed E-state index contributed by atoms with van der Waals surface area (Å²) in [7, 11) is 1.63. The van der Waals surface area contributed by atoms with Gasteiger partial charge in [-0.1, -0.05) is 16.8 Å². The molecule has 1 aromatic heterocycles. The summed E-state index contributed by atoms with van der Waals surface area (Å²) in [6, 6.07) is 5.90. The number of hydrogen-bond acceptors (Lipinski definition) is 4. The van der Waals surface area contributed by atoms with Crippen molar-refractivity contribution in [2.45, 2.75) is 13.8 Å². The largest absolute Gasteiger partial charge is 0.496 e. The van der Waals surface area contributed by atoms with Crippen LogP contribution in [-0.4, -0.2) is 12.3 Å². The van der Waals surface area contributed by atoms with Crippen molar-refractivity contribution in [2.75, 3.05) is 12.8 Å². The summed E-state index contributed by atoms with van der Waals surface area (Å²) in [6.07, 6.45) is 0. The van der Waals surface area contributed by atoms with Gasteiger partial charge >= 0.3 is 0 Å². The van der Waals surface area contributed by atoms with Crippen molar-refractivity contribution in [3.05, 3.63) is 29.3 Å². The minimum atomic E-state index is 0.346. The van der Waals surface area contributed by atoms with Crippen molar-refractivity contribution >= 4 is 5.88 Å². The van der Waals surface area contributed by atoms with Crippen LogP contribution in [0.5, 0.6) is 5.75 Å². The van der Waals surface area contributed by atoms with Crippen LogP contribution < -0.4 is 10.5 Å². The van der Waals surface area contributed by atoms with Crippen LogP contribution >= 0.6 is 0 Å². The van der Waals surface area contributed by atoms with Gasteiger partial charge in [-0.15, -0.1) is 0 Å². The molecule has 0 aliphatic carbocycles. The second-order valence-electron chi connectivity index (χ2n) is 3.72. The van der Waals surface area contributed by atoms with Gasteiger partial charge in [0.15, 0.2) is 0 Å². The summed E-state index contributed by atoms with van der Waals surface area (Å²) in [4.78, 5) is 0. The maximum atomic E-state index is 5.64. The second-order valence-corrected chi connectivity index (χ2v) is 3.72. The van der Waals surface area contributed by atoms with E-state index in [2.05, 4.69) is 5.16 Å². The van der Waals surface area contributed by atoms with Crippen LogP contribution in [-0.2, 0) is 0 Å². The van der Waals surface area contributed by atoms with Crippen LogP contribution in [0.25, 0.3) is 11.3 Å². The number of aryl methyl sites for hydroxylation is 1. The molecule has 0 aliphatic heterocycles. The third-order valence-corrected chi connectivity index (χ3v) is 2.57. The third-order valence-electron chi connectivity index (χ3n) is 2.57. The molecule has 0 spiro atoms. The number of methoxy groups -OCH3 is 1. The van der Waals surface area contributed by atoms with E-state index >= 15 is 0 Å². The molecule has 1 aromatic carbocycles. The topological polar surface area (TPSA) is 61.3 Å². The van der Waals surface area contributed by atoms with Crippen LogP contribution in [0.15, 0.2) is 22.7 Å². The van der Waals surface area contributed by atoms with Crippen molar-refractivity contribution in [3.63, 3.8) is 0 Å². The van der Waals surface area contributed by atoms with Gasteiger partial charge in [0, 0.05) is 11.1 Å². The number of hydrogen-bond donors (Lipinski definition) is 1. The van der Waals surface area contributed by atoms with Gasteiger partial charge in [-0.25, -0.2) is 0 Å². The molecule has 0 saturated heterocycles. The standard InChI is InChI=1S/C12H14N2O2/c1-7-4-5-10(15-3)9(6-7)11-8(2)12(13)16-14-11/h4-6H,13H2,1-3H3. The molecule has 0 unspecified atom stereocenters. The highest BCUT2D eigenvalue weighted by Gasteiger charge is 2.15. The summed E-state index contributed by atoms with van der Waals surface area (Å²) in [6.45, 7) is 3.89. The van der Waals surface area contributed by atoms with Gasteiger partial charge in [0.2, 0.25) is 5.88 Å². The Balaban J connectivity index is 2.62. The molecule has 0 fully saturated rings. The minimum Gasteiger partial charge on any atom is -0.496 e. The first-order valence-electron chi connectivity index (χ1n) is 5.00. The molecule has 0 saturated carbocycles. The number of benzene rings is 1. The van der Waals surface area contributed by atoms with E-state index in [1.165, 1.54) is 0 Å². The SMILES string of the molecule is COc1ccc(C)cc1-c1noc(N)c1C. The summed E-state index contributed by atoms with van der Waals surface area (Å²) in [5.74, 6) is 1.11. The highest BCUT2D eigenvalue weighted by molar-refractivity contribution is 5.72. The number of nitrogens with zero attached hydrogens (tertiary/aromatic N) is 1. The molecule has 0 bridgehead atoms. The van der Waals surface area contributed by atoms with Gasteiger partial charge in [0.25, 0.3) is 0 Å². The summed E-state index contributed by atoms with van der Waals surface area (Å²) >= 11 is 0. The molecule has 2 N–H and O–H groups in total. The molecule has 2 aromatic rings. The molecule has 2 rings (SSSR count). The van der Waals surface area contributed by atoms with Gasteiger partial charge in [-0.05, 0) is 26.0 Å². The van der Waals surface area contributed by atoms with Gasteiger partial charge in [-0.2, -0.15) is 0 Å². The van der Waals surface area contributed by atoms with Crippen LogP contribution in [0, 0.1) is 13.8 Å². The Kier molecular flexibility index (Phi) is 2.56. The number of nitrogens with two attached hydrogens (primary N) is 1. The predicted octanol–water partition coefficient (Wildman–Crippen LogP) is 2.55. The van der Waals surface area contributed by atoms with E-state index in [-0.39, 0.29) is 0 Å². The van der Waals surface area contributed by atoms with E-state index in [0.717, 1.165) is 28.1 Å². The highest BCUT2D eigenvalue weighted by atomic mass is 16.5. The highest BCUT2D eigenvalue weighted by Crippen LogP contribution is 2.33. The Morgan fingerprint density at radius 2 is 2.06 bits per heavy atom. The summed E-state index contributed by atoms with van der Waals surface area (Å²) in [5, 5.41) is 3.96. The molecule has 0 amide bonds. The Hall–Kier alpha value is -1.97. The first kappa shape index (κ1) is 10.5. The first-order chi connectivity index (χ1) is 7.63. The maximum Gasteiger partial charge on any atom is 0.225 e. The second kappa shape index (κ2) is 3.89. The molecular formula is C12H14N2O2. The van der Waals surface area contributed by atoms with Gasteiger partial charge in [0.05, 0.1) is 7.11 Å². The summed E-state index contributed by atoms with van der Waals surface area (Å²) in [5.41, 5.74) is 9.25. The fourth-order valence-corrected chi connectivity index (χ4v) is 1.61. The van der Waals surface area contributed by atoms with Gasteiger partial charge in [0.1, 0.15) is 11.4 Å². The van der Waals surface area contributed by atoms with Crippen molar-refractivity contribution < 1.29 is 9.26 Å². The molecule has 1 heterocycles. The van der Waals surface area contributed by atoms with E-state index < -0.39 is 0 Å². The lowest BCUT2D eigenvalue weighted by Crippen LogP contribution is -1.91.